The minimum atomic E-state index is -1.99. The van der Waals surface area contributed by atoms with Crippen molar-refractivity contribution in [3.63, 3.8) is 0 Å². The lowest BCUT2D eigenvalue weighted by molar-refractivity contribution is 0.0888. The second-order valence-electron chi connectivity index (χ2n) is 11.8. The van der Waals surface area contributed by atoms with Crippen LogP contribution in [0.5, 0.6) is 17.2 Å². The molecule has 0 unspecified atom stereocenters. The van der Waals surface area contributed by atoms with Crippen molar-refractivity contribution in [1.82, 2.24) is 0 Å². The van der Waals surface area contributed by atoms with E-state index in [0.717, 1.165) is 22.8 Å². The molecule has 4 nitrogen and oxygen atoms in total. The van der Waals surface area contributed by atoms with Crippen LogP contribution < -0.4 is 13.6 Å². The van der Waals surface area contributed by atoms with Crippen molar-refractivity contribution in [3.05, 3.63) is 54.1 Å². The van der Waals surface area contributed by atoms with Gasteiger partial charge in [0.1, 0.15) is 23.9 Å². The molecule has 0 atom stereocenters. The van der Waals surface area contributed by atoms with Gasteiger partial charge in [-0.25, -0.2) is 0 Å². The van der Waals surface area contributed by atoms with E-state index in [0.29, 0.717) is 19.8 Å². The van der Waals surface area contributed by atoms with E-state index in [-0.39, 0.29) is 10.1 Å². The normalized spacial score (nSPS) is 13.0. The molecule has 0 heterocycles. The Morgan fingerprint density at radius 2 is 1.09 bits per heavy atom. The largest absolute Gasteiger partial charge is 0.543 e. The van der Waals surface area contributed by atoms with Crippen molar-refractivity contribution in [3.8, 4) is 17.2 Å². The van der Waals surface area contributed by atoms with Gasteiger partial charge >= 0.3 is 0 Å². The highest BCUT2D eigenvalue weighted by Crippen LogP contribution is 2.41. The van der Waals surface area contributed by atoms with Crippen LogP contribution in [0.15, 0.2) is 48.5 Å². The minimum absolute atomic E-state index is 0.107. The lowest BCUT2D eigenvalue weighted by Crippen LogP contribution is -2.44. The average Bonchev–Trinajstić information content (AvgIpc) is 2.66. The zero-order chi connectivity index (χ0) is 24.9. The number of rotatable bonds is 10. The summed E-state index contributed by atoms with van der Waals surface area (Å²) in [5.74, 6) is 2.39. The zero-order valence-corrected chi connectivity index (χ0v) is 24.4. The van der Waals surface area contributed by atoms with Crippen LogP contribution in [0, 0.1) is 0 Å². The maximum Gasteiger partial charge on any atom is 0.250 e. The van der Waals surface area contributed by atoms with Gasteiger partial charge in [0, 0.05) is 18.2 Å². The predicted molar refractivity (Wildman–Crippen MR) is 144 cm³/mol. The quantitative estimate of drug-likeness (QED) is 0.250. The Bertz CT molecular complexity index is 835. The van der Waals surface area contributed by atoms with E-state index in [2.05, 4.69) is 79.9 Å². The number of hydrogen-bond donors (Lipinski definition) is 0. The maximum absolute atomic E-state index is 6.60. The van der Waals surface area contributed by atoms with Gasteiger partial charge in [0.15, 0.2) is 0 Å². The Balaban J connectivity index is 2.14. The standard InChI is InChI=1S/C27H44O4Si2/c1-26(2,3)32(7,8)30-24-18-23(19-25(20-24)31-33(9,10)27(4,5)6)29-17-16-28-21-22-14-12-11-13-15-22/h11-15,18-20H,16-17,21H2,1-10H3. The van der Waals surface area contributed by atoms with Crippen LogP contribution in [-0.4, -0.2) is 29.8 Å². The fourth-order valence-corrected chi connectivity index (χ4v) is 4.65. The summed E-state index contributed by atoms with van der Waals surface area (Å²) in [6.45, 7) is 24.1. The lowest BCUT2D eigenvalue weighted by atomic mass is 10.2. The van der Waals surface area contributed by atoms with E-state index in [1.54, 1.807) is 0 Å². The van der Waals surface area contributed by atoms with Crippen LogP contribution in [0.1, 0.15) is 47.1 Å². The molecule has 0 aliphatic carbocycles. The van der Waals surface area contributed by atoms with E-state index in [1.807, 2.05) is 36.4 Å². The average molecular weight is 489 g/mol. The Hall–Kier alpha value is -1.77. The molecule has 0 aliphatic rings. The van der Waals surface area contributed by atoms with Gasteiger partial charge in [-0.15, -0.1) is 0 Å². The van der Waals surface area contributed by atoms with Gasteiger partial charge in [0.05, 0.1) is 13.2 Å². The second-order valence-corrected chi connectivity index (χ2v) is 21.2. The van der Waals surface area contributed by atoms with Crippen LogP contribution in [0.3, 0.4) is 0 Å². The summed E-state index contributed by atoms with van der Waals surface area (Å²) in [7, 11) is -3.99. The van der Waals surface area contributed by atoms with Crippen LogP contribution in [0.2, 0.25) is 36.3 Å². The molecule has 2 aromatic carbocycles. The topological polar surface area (TPSA) is 36.9 Å². The van der Waals surface area contributed by atoms with Gasteiger partial charge < -0.3 is 18.3 Å². The molecule has 0 aliphatic heterocycles. The third-order valence-electron chi connectivity index (χ3n) is 6.82. The van der Waals surface area contributed by atoms with Gasteiger partial charge in [-0.1, -0.05) is 71.9 Å². The lowest BCUT2D eigenvalue weighted by Gasteiger charge is -2.38. The zero-order valence-electron chi connectivity index (χ0n) is 22.4. The molecule has 0 spiro atoms. The monoisotopic (exact) mass is 488 g/mol. The number of hydrogen-bond acceptors (Lipinski definition) is 4. The molecule has 0 amide bonds. The van der Waals surface area contributed by atoms with E-state index < -0.39 is 16.6 Å². The van der Waals surface area contributed by atoms with E-state index in [9.17, 15) is 0 Å². The molecule has 0 radical (unpaired) electrons. The van der Waals surface area contributed by atoms with Crippen LogP contribution >= 0.6 is 0 Å². The molecule has 0 aromatic heterocycles. The predicted octanol–water partition coefficient (Wildman–Crippen LogP) is 8.05. The highest BCUT2D eigenvalue weighted by molar-refractivity contribution is 6.75. The molecule has 2 rings (SSSR count). The van der Waals surface area contributed by atoms with E-state index in [4.69, 9.17) is 18.3 Å². The van der Waals surface area contributed by atoms with Crippen molar-refractivity contribution in [2.45, 2.75) is 84.4 Å². The summed E-state index contributed by atoms with van der Waals surface area (Å²) >= 11 is 0. The molecule has 0 N–H and O–H groups in total. The Kier molecular flexibility index (Phi) is 8.88. The minimum Gasteiger partial charge on any atom is -0.543 e. The highest BCUT2D eigenvalue weighted by Gasteiger charge is 2.40. The molecule has 0 saturated carbocycles. The summed E-state index contributed by atoms with van der Waals surface area (Å²) in [4.78, 5) is 0. The maximum atomic E-state index is 6.60. The molecule has 2 aromatic rings. The first kappa shape index (κ1) is 27.5. The van der Waals surface area contributed by atoms with Crippen molar-refractivity contribution < 1.29 is 18.3 Å². The molecular weight excluding hydrogens is 444 g/mol. The van der Waals surface area contributed by atoms with E-state index in [1.165, 1.54) is 0 Å². The molecule has 0 saturated heterocycles. The first-order valence-corrected chi connectivity index (χ1v) is 17.7. The first-order chi connectivity index (χ1) is 15.1. The number of ether oxygens (including phenoxy) is 2. The van der Waals surface area contributed by atoms with Crippen molar-refractivity contribution in [2.75, 3.05) is 13.2 Å². The van der Waals surface area contributed by atoms with Gasteiger partial charge in [-0.2, -0.15) is 0 Å². The molecule has 0 fully saturated rings. The smallest absolute Gasteiger partial charge is 0.250 e. The third kappa shape index (κ3) is 8.19. The summed E-state index contributed by atoms with van der Waals surface area (Å²) in [5.41, 5.74) is 1.16. The Morgan fingerprint density at radius 1 is 0.636 bits per heavy atom. The molecule has 184 valence electrons. The van der Waals surface area contributed by atoms with Crippen LogP contribution in [-0.2, 0) is 11.3 Å². The van der Waals surface area contributed by atoms with Gasteiger partial charge in [-0.05, 0) is 41.8 Å². The van der Waals surface area contributed by atoms with Crippen molar-refractivity contribution >= 4 is 16.6 Å². The van der Waals surface area contributed by atoms with Crippen LogP contribution in [0.25, 0.3) is 0 Å². The summed E-state index contributed by atoms with van der Waals surface area (Å²) < 4.78 is 25.0. The fourth-order valence-electron chi connectivity index (χ4n) is 2.62. The summed E-state index contributed by atoms with van der Waals surface area (Å²) in [5, 5.41) is 0.213. The SMILES string of the molecule is CC(C)(C)[Si](C)(C)Oc1cc(OCCOCc2ccccc2)cc(O[Si](C)(C)C(C)(C)C)c1. The van der Waals surface area contributed by atoms with Gasteiger partial charge in [-0.3, -0.25) is 0 Å². The molecule has 33 heavy (non-hydrogen) atoms. The summed E-state index contributed by atoms with van der Waals surface area (Å²) in [6.07, 6.45) is 0. The Morgan fingerprint density at radius 3 is 1.55 bits per heavy atom. The second kappa shape index (κ2) is 10.7. The molecule has 6 heteroatoms. The Labute approximate surface area is 203 Å². The third-order valence-corrected chi connectivity index (χ3v) is 15.5. The first-order valence-electron chi connectivity index (χ1n) is 11.9. The van der Waals surface area contributed by atoms with Gasteiger partial charge in [0.25, 0.3) is 0 Å². The van der Waals surface area contributed by atoms with Crippen LogP contribution in [0.4, 0.5) is 0 Å². The molecular formula is C27H44O4Si2. The van der Waals surface area contributed by atoms with Crippen molar-refractivity contribution in [2.24, 2.45) is 0 Å². The van der Waals surface area contributed by atoms with Crippen molar-refractivity contribution in [1.29, 1.82) is 0 Å². The highest BCUT2D eigenvalue weighted by atomic mass is 28.4. The number of benzene rings is 2. The van der Waals surface area contributed by atoms with Gasteiger partial charge in [0.2, 0.25) is 16.6 Å². The van der Waals surface area contributed by atoms with E-state index >= 15 is 0 Å². The molecule has 0 bridgehead atoms. The summed E-state index contributed by atoms with van der Waals surface area (Å²) in [6, 6.07) is 16.2. The fraction of sp³-hybridized carbons (Fsp3) is 0.556.